The van der Waals surface area contributed by atoms with E-state index in [1.807, 2.05) is 13.0 Å². The van der Waals surface area contributed by atoms with E-state index in [-0.39, 0.29) is 5.60 Å². The van der Waals surface area contributed by atoms with Gasteiger partial charge in [-0.25, -0.2) is 0 Å². The summed E-state index contributed by atoms with van der Waals surface area (Å²) in [5.41, 5.74) is 1.95. The van der Waals surface area contributed by atoms with E-state index in [0.29, 0.717) is 12.6 Å². The summed E-state index contributed by atoms with van der Waals surface area (Å²) >= 11 is 6.16. The highest BCUT2D eigenvalue weighted by Crippen LogP contribution is 2.36. The number of ether oxygens (including phenoxy) is 3. The molecular weight excluding hydrogens is 290 g/mol. The number of nitrogens with one attached hydrogen (secondary N) is 1. The fourth-order valence-corrected chi connectivity index (χ4v) is 3.33. The highest BCUT2D eigenvalue weighted by molar-refractivity contribution is 6.31. The SMILES string of the molecule is COc1cc(Cl)c(C)cc1NC1CCOC2(CCOC2)C1. The van der Waals surface area contributed by atoms with Gasteiger partial charge in [0.05, 0.1) is 25.0 Å². The van der Waals surface area contributed by atoms with Crippen LogP contribution in [0, 0.1) is 6.92 Å². The third-order valence-corrected chi connectivity index (χ3v) is 4.81. The van der Waals surface area contributed by atoms with Crippen LogP contribution in [0.1, 0.15) is 24.8 Å². The van der Waals surface area contributed by atoms with Crippen molar-refractivity contribution >= 4 is 17.3 Å². The number of hydrogen-bond donors (Lipinski definition) is 1. The molecule has 0 aromatic heterocycles. The van der Waals surface area contributed by atoms with Gasteiger partial charge in [0.15, 0.2) is 0 Å². The zero-order chi connectivity index (χ0) is 14.9. The summed E-state index contributed by atoms with van der Waals surface area (Å²) in [4.78, 5) is 0. The summed E-state index contributed by atoms with van der Waals surface area (Å²) in [6, 6.07) is 4.29. The lowest BCUT2D eigenvalue weighted by molar-refractivity contribution is -0.0828. The molecule has 2 unspecified atom stereocenters. The van der Waals surface area contributed by atoms with Crippen LogP contribution in [0.4, 0.5) is 5.69 Å². The Morgan fingerprint density at radius 1 is 1.38 bits per heavy atom. The Morgan fingerprint density at radius 3 is 2.95 bits per heavy atom. The number of methoxy groups -OCH3 is 1. The summed E-state index contributed by atoms with van der Waals surface area (Å²) in [6.07, 6.45) is 2.95. The molecule has 0 saturated carbocycles. The second-order valence-electron chi connectivity index (χ2n) is 5.97. The first-order chi connectivity index (χ1) is 10.1. The van der Waals surface area contributed by atoms with Crippen molar-refractivity contribution in [3.8, 4) is 5.75 Å². The minimum atomic E-state index is -0.0926. The predicted molar refractivity (Wildman–Crippen MR) is 83.5 cm³/mol. The first-order valence-corrected chi connectivity index (χ1v) is 7.82. The fourth-order valence-electron chi connectivity index (χ4n) is 3.18. The topological polar surface area (TPSA) is 39.7 Å². The van der Waals surface area contributed by atoms with E-state index in [1.165, 1.54) is 0 Å². The van der Waals surface area contributed by atoms with Gasteiger partial charge in [0.1, 0.15) is 5.75 Å². The second-order valence-corrected chi connectivity index (χ2v) is 6.38. The molecule has 2 atom stereocenters. The van der Waals surface area contributed by atoms with Crippen LogP contribution in [-0.4, -0.2) is 38.6 Å². The third kappa shape index (κ3) is 3.12. The molecule has 2 fully saturated rings. The van der Waals surface area contributed by atoms with Crippen LogP contribution in [0.5, 0.6) is 5.75 Å². The van der Waals surface area contributed by atoms with Crippen LogP contribution in [-0.2, 0) is 9.47 Å². The average Bonchev–Trinajstić information content (AvgIpc) is 2.90. The molecule has 4 nitrogen and oxygen atoms in total. The van der Waals surface area contributed by atoms with E-state index in [4.69, 9.17) is 25.8 Å². The minimum absolute atomic E-state index is 0.0926. The Morgan fingerprint density at radius 2 is 2.24 bits per heavy atom. The number of aryl methyl sites for hydroxylation is 1. The largest absolute Gasteiger partial charge is 0.495 e. The van der Waals surface area contributed by atoms with Gasteiger partial charge in [-0.1, -0.05) is 11.6 Å². The number of benzene rings is 1. The minimum Gasteiger partial charge on any atom is -0.495 e. The fraction of sp³-hybridized carbons (Fsp3) is 0.625. The van der Waals surface area contributed by atoms with Crippen LogP contribution < -0.4 is 10.1 Å². The Balaban J connectivity index is 1.75. The molecule has 1 spiro atoms. The zero-order valence-electron chi connectivity index (χ0n) is 12.6. The standard InChI is InChI=1S/C16H22ClNO3/c1-11-7-14(15(19-2)8-13(11)17)18-12-3-5-21-16(9-12)4-6-20-10-16/h7-8,12,18H,3-6,9-10H2,1-2H3. The molecule has 2 aliphatic heterocycles. The zero-order valence-corrected chi connectivity index (χ0v) is 13.3. The summed E-state index contributed by atoms with van der Waals surface area (Å²) in [5.74, 6) is 0.786. The molecule has 2 heterocycles. The quantitative estimate of drug-likeness (QED) is 0.928. The van der Waals surface area contributed by atoms with E-state index >= 15 is 0 Å². The molecule has 5 heteroatoms. The maximum atomic E-state index is 6.16. The Hall–Kier alpha value is -0.970. The van der Waals surface area contributed by atoms with Crippen LogP contribution in [0.15, 0.2) is 12.1 Å². The molecule has 1 aromatic carbocycles. The van der Waals surface area contributed by atoms with Crippen molar-refractivity contribution in [3.63, 3.8) is 0 Å². The van der Waals surface area contributed by atoms with Crippen molar-refractivity contribution in [2.24, 2.45) is 0 Å². The smallest absolute Gasteiger partial charge is 0.143 e. The van der Waals surface area contributed by atoms with E-state index in [0.717, 1.165) is 54.5 Å². The number of hydrogen-bond acceptors (Lipinski definition) is 4. The lowest BCUT2D eigenvalue weighted by atomic mass is 9.89. The van der Waals surface area contributed by atoms with E-state index in [1.54, 1.807) is 7.11 Å². The maximum absolute atomic E-state index is 6.16. The number of rotatable bonds is 3. The molecule has 21 heavy (non-hydrogen) atoms. The van der Waals surface area contributed by atoms with Gasteiger partial charge >= 0.3 is 0 Å². The molecule has 0 amide bonds. The predicted octanol–water partition coefficient (Wildman–Crippen LogP) is 3.41. The Labute approximate surface area is 130 Å². The van der Waals surface area contributed by atoms with Gasteiger partial charge in [-0.2, -0.15) is 0 Å². The average molecular weight is 312 g/mol. The normalized spacial score (nSPS) is 28.8. The van der Waals surface area contributed by atoms with Crippen LogP contribution >= 0.6 is 11.6 Å². The summed E-state index contributed by atoms with van der Waals surface area (Å²) < 4.78 is 16.9. The van der Waals surface area contributed by atoms with Crippen molar-refractivity contribution in [3.05, 3.63) is 22.7 Å². The van der Waals surface area contributed by atoms with Crippen LogP contribution in [0.2, 0.25) is 5.02 Å². The van der Waals surface area contributed by atoms with Gasteiger partial charge in [-0.3, -0.25) is 0 Å². The molecule has 1 N–H and O–H groups in total. The first kappa shape index (κ1) is 14.9. The summed E-state index contributed by atoms with van der Waals surface area (Å²) in [6.45, 7) is 4.29. The number of halogens is 1. The van der Waals surface area contributed by atoms with E-state index in [9.17, 15) is 0 Å². The van der Waals surface area contributed by atoms with Gasteiger partial charge in [0.2, 0.25) is 0 Å². The highest BCUT2D eigenvalue weighted by Gasteiger charge is 2.41. The molecular formula is C16H22ClNO3. The molecule has 0 aliphatic carbocycles. The van der Waals surface area contributed by atoms with Gasteiger partial charge in [0, 0.05) is 36.8 Å². The number of anilines is 1. The van der Waals surface area contributed by atoms with Crippen molar-refractivity contribution in [2.75, 3.05) is 32.2 Å². The molecule has 2 saturated heterocycles. The van der Waals surface area contributed by atoms with Crippen molar-refractivity contribution < 1.29 is 14.2 Å². The highest BCUT2D eigenvalue weighted by atomic mass is 35.5. The molecule has 0 radical (unpaired) electrons. The molecule has 116 valence electrons. The maximum Gasteiger partial charge on any atom is 0.143 e. The lowest BCUT2D eigenvalue weighted by Gasteiger charge is -2.38. The summed E-state index contributed by atoms with van der Waals surface area (Å²) in [7, 11) is 1.67. The van der Waals surface area contributed by atoms with Gasteiger partial charge in [-0.05, 0) is 31.4 Å². The molecule has 3 rings (SSSR count). The van der Waals surface area contributed by atoms with E-state index < -0.39 is 0 Å². The summed E-state index contributed by atoms with van der Waals surface area (Å²) in [5, 5.41) is 4.33. The van der Waals surface area contributed by atoms with Crippen molar-refractivity contribution in [1.82, 2.24) is 0 Å². The third-order valence-electron chi connectivity index (χ3n) is 4.40. The lowest BCUT2D eigenvalue weighted by Crippen LogP contribution is -2.45. The van der Waals surface area contributed by atoms with Crippen LogP contribution in [0.25, 0.3) is 0 Å². The van der Waals surface area contributed by atoms with Crippen LogP contribution in [0.3, 0.4) is 0 Å². The monoisotopic (exact) mass is 311 g/mol. The van der Waals surface area contributed by atoms with Crippen molar-refractivity contribution in [2.45, 2.75) is 37.8 Å². The Kier molecular flexibility index (Phi) is 4.29. The Bertz CT molecular complexity index is 514. The molecule has 2 aliphatic rings. The first-order valence-electron chi connectivity index (χ1n) is 7.44. The van der Waals surface area contributed by atoms with Gasteiger partial charge in [0.25, 0.3) is 0 Å². The molecule has 0 bridgehead atoms. The molecule has 1 aromatic rings. The van der Waals surface area contributed by atoms with E-state index in [2.05, 4.69) is 11.4 Å². The second kappa shape index (κ2) is 6.03. The van der Waals surface area contributed by atoms with Gasteiger partial charge < -0.3 is 19.5 Å². The van der Waals surface area contributed by atoms with Crippen molar-refractivity contribution in [1.29, 1.82) is 0 Å². The van der Waals surface area contributed by atoms with Gasteiger partial charge in [-0.15, -0.1) is 0 Å².